The van der Waals surface area contributed by atoms with E-state index in [1.807, 2.05) is 0 Å². The van der Waals surface area contributed by atoms with Crippen LogP contribution in [0.2, 0.25) is 0 Å². The van der Waals surface area contributed by atoms with Crippen LogP contribution in [0.4, 0.5) is 0 Å². The summed E-state index contributed by atoms with van der Waals surface area (Å²) in [5, 5.41) is 8.81. The van der Waals surface area contributed by atoms with Crippen molar-refractivity contribution in [2.45, 2.75) is 20.3 Å². The van der Waals surface area contributed by atoms with Crippen LogP contribution in [0.3, 0.4) is 0 Å². The topological polar surface area (TPSA) is 43.8 Å². The molecule has 4 nitrogen and oxygen atoms in total. The molecule has 0 aliphatic carbocycles. The normalized spacial score (nSPS) is 13.5. The zero-order valence-corrected chi connectivity index (χ0v) is 10.4. The van der Waals surface area contributed by atoms with E-state index in [4.69, 9.17) is 5.11 Å². The molecule has 0 bridgehead atoms. The number of carboxylic acids is 1. The zero-order valence-electron chi connectivity index (χ0n) is 10.4. The van der Waals surface area contributed by atoms with Gasteiger partial charge in [0, 0.05) is 6.54 Å². The van der Waals surface area contributed by atoms with Gasteiger partial charge < -0.3 is 14.9 Å². The molecule has 0 spiro atoms. The number of nitrogens with zero attached hydrogens (tertiary/aromatic N) is 2. The molecule has 0 aromatic carbocycles. The third-order valence-corrected chi connectivity index (χ3v) is 2.48. The van der Waals surface area contributed by atoms with E-state index in [9.17, 15) is 4.79 Å². The highest BCUT2D eigenvalue weighted by molar-refractivity contribution is 5.69. The largest absolute Gasteiger partial charge is 0.481 e. The molecule has 0 aromatic heterocycles. The second-order valence-electron chi connectivity index (χ2n) is 4.29. The van der Waals surface area contributed by atoms with Crippen molar-refractivity contribution in [3.63, 3.8) is 0 Å². The van der Waals surface area contributed by atoms with Crippen LogP contribution in [0.15, 0.2) is 0 Å². The Kier molecular flexibility index (Phi) is 7.34. The van der Waals surface area contributed by atoms with Gasteiger partial charge in [0.15, 0.2) is 0 Å². The summed E-state index contributed by atoms with van der Waals surface area (Å²) in [6, 6.07) is 0. The summed E-state index contributed by atoms with van der Waals surface area (Å²) in [6.07, 6.45) is 1.09. The number of aliphatic carboxylic acids is 1. The fourth-order valence-corrected chi connectivity index (χ4v) is 1.45. The van der Waals surface area contributed by atoms with Gasteiger partial charge in [0.05, 0.1) is 5.92 Å². The number of hydrogen-bond donors (Lipinski definition) is 1. The first-order valence-corrected chi connectivity index (χ1v) is 5.57. The standard InChI is InChI=1S/C11H24N2O2/c1-5-13(8-6-7-12(3)4)9-10(2)11(14)15/h10H,5-9H2,1-4H3,(H,14,15). The van der Waals surface area contributed by atoms with Crippen LogP contribution >= 0.6 is 0 Å². The van der Waals surface area contributed by atoms with Gasteiger partial charge in [0.1, 0.15) is 0 Å². The van der Waals surface area contributed by atoms with Crippen molar-refractivity contribution < 1.29 is 9.90 Å². The molecule has 0 aliphatic heterocycles. The van der Waals surface area contributed by atoms with E-state index >= 15 is 0 Å². The van der Waals surface area contributed by atoms with Crippen LogP contribution in [0.25, 0.3) is 0 Å². The van der Waals surface area contributed by atoms with Crippen LogP contribution in [-0.4, -0.2) is 61.2 Å². The monoisotopic (exact) mass is 216 g/mol. The summed E-state index contributed by atoms with van der Waals surface area (Å²) >= 11 is 0. The maximum atomic E-state index is 10.7. The van der Waals surface area contributed by atoms with E-state index in [0.29, 0.717) is 6.54 Å². The van der Waals surface area contributed by atoms with E-state index in [1.54, 1.807) is 6.92 Å². The second kappa shape index (κ2) is 7.65. The summed E-state index contributed by atoms with van der Waals surface area (Å²) in [6.45, 7) is 7.44. The molecule has 15 heavy (non-hydrogen) atoms. The third-order valence-electron chi connectivity index (χ3n) is 2.48. The lowest BCUT2D eigenvalue weighted by Gasteiger charge is -2.23. The molecule has 1 atom stereocenters. The Labute approximate surface area is 92.9 Å². The summed E-state index contributed by atoms with van der Waals surface area (Å²) in [4.78, 5) is 15.0. The van der Waals surface area contributed by atoms with Crippen molar-refractivity contribution in [1.29, 1.82) is 0 Å². The Hall–Kier alpha value is -0.610. The van der Waals surface area contributed by atoms with Crippen LogP contribution in [0.5, 0.6) is 0 Å². The quantitative estimate of drug-likeness (QED) is 0.657. The average molecular weight is 216 g/mol. The van der Waals surface area contributed by atoms with Crippen molar-refractivity contribution in [3.8, 4) is 0 Å². The molecule has 0 rings (SSSR count). The molecular weight excluding hydrogens is 192 g/mol. The molecule has 0 aromatic rings. The second-order valence-corrected chi connectivity index (χ2v) is 4.29. The van der Waals surface area contributed by atoms with Crippen molar-refractivity contribution in [3.05, 3.63) is 0 Å². The molecule has 1 N–H and O–H groups in total. The highest BCUT2D eigenvalue weighted by Gasteiger charge is 2.14. The SMILES string of the molecule is CCN(CCCN(C)C)CC(C)C(=O)O. The van der Waals surface area contributed by atoms with Crippen LogP contribution < -0.4 is 0 Å². The van der Waals surface area contributed by atoms with E-state index in [2.05, 4.69) is 30.8 Å². The summed E-state index contributed by atoms with van der Waals surface area (Å²) < 4.78 is 0. The summed E-state index contributed by atoms with van der Waals surface area (Å²) in [5.74, 6) is -0.981. The molecule has 4 heteroatoms. The summed E-state index contributed by atoms with van der Waals surface area (Å²) in [7, 11) is 4.10. The third kappa shape index (κ3) is 7.33. The lowest BCUT2D eigenvalue weighted by atomic mass is 10.1. The minimum absolute atomic E-state index is 0.274. The molecule has 0 aliphatic rings. The fourth-order valence-electron chi connectivity index (χ4n) is 1.45. The van der Waals surface area contributed by atoms with Crippen LogP contribution in [-0.2, 0) is 4.79 Å². The molecule has 0 amide bonds. The lowest BCUT2D eigenvalue weighted by molar-refractivity contribution is -0.141. The Morgan fingerprint density at radius 1 is 1.33 bits per heavy atom. The van der Waals surface area contributed by atoms with E-state index in [-0.39, 0.29) is 5.92 Å². The van der Waals surface area contributed by atoms with Gasteiger partial charge in [-0.3, -0.25) is 4.79 Å². The van der Waals surface area contributed by atoms with Crippen molar-refractivity contribution in [1.82, 2.24) is 9.80 Å². The van der Waals surface area contributed by atoms with Gasteiger partial charge in [-0.05, 0) is 40.2 Å². The average Bonchev–Trinajstić information content (AvgIpc) is 2.15. The molecule has 0 radical (unpaired) electrons. The first kappa shape index (κ1) is 14.4. The number of carboxylic acid groups (broad SMARTS) is 1. The molecule has 0 saturated carbocycles. The van der Waals surface area contributed by atoms with Gasteiger partial charge >= 0.3 is 5.97 Å². The first-order valence-electron chi connectivity index (χ1n) is 5.57. The number of hydrogen-bond acceptors (Lipinski definition) is 3. The van der Waals surface area contributed by atoms with E-state index < -0.39 is 5.97 Å². The van der Waals surface area contributed by atoms with E-state index in [0.717, 1.165) is 26.1 Å². The Morgan fingerprint density at radius 3 is 2.33 bits per heavy atom. The minimum Gasteiger partial charge on any atom is -0.481 e. The van der Waals surface area contributed by atoms with Crippen molar-refractivity contribution >= 4 is 5.97 Å². The predicted molar refractivity (Wildman–Crippen MR) is 62.1 cm³/mol. The Morgan fingerprint density at radius 2 is 1.93 bits per heavy atom. The Bertz CT molecular complexity index is 183. The molecule has 0 saturated heterocycles. The predicted octanol–water partition coefficient (Wildman–Crippen LogP) is 0.981. The molecule has 1 unspecified atom stereocenters. The highest BCUT2D eigenvalue weighted by Crippen LogP contribution is 2.01. The van der Waals surface area contributed by atoms with Gasteiger partial charge in [-0.1, -0.05) is 13.8 Å². The molecule has 0 fully saturated rings. The highest BCUT2D eigenvalue weighted by atomic mass is 16.4. The maximum Gasteiger partial charge on any atom is 0.307 e. The first-order chi connectivity index (χ1) is 6.97. The fraction of sp³-hybridized carbons (Fsp3) is 0.909. The number of rotatable bonds is 8. The van der Waals surface area contributed by atoms with Crippen molar-refractivity contribution in [2.75, 3.05) is 40.3 Å². The van der Waals surface area contributed by atoms with Crippen LogP contribution in [0.1, 0.15) is 20.3 Å². The van der Waals surface area contributed by atoms with Crippen molar-refractivity contribution in [2.24, 2.45) is 5.92 Å². The molecular formula is C11H24N2O2. The molecule has 90 valence electrons. The maximum absolute atomic E-state index is 10.7. The van der Waals surface area contributed by atoms with Gasteiger partial charge in [0.2, 0.25) is 0 Å². The lowest BCUT2D eigenvalue weighted by Crippen LogP contribution is -2.33. The number of carbonyl (C=O) groups is 1. The van der Waals surface area contributed by atoms with Gasteiger partial charge in [0.25, 0.3) is 0 Å². The minimum atomic E-state index is -0.707. The van der Waals surface area contributed by atoms with Gasteiger partial charge in [-0.15, -0.1) is 0 Å². The van der Waals surface area contributed by atoms with Gasteiger partial charge in [-0.2, -0.15) is 0 Å². The van der Waals surface area contributed by atoms with Gasteiger partial charge in [-0.25, -0.2) is 0 Å². The van der Waals surface area contributed by atoms with Crippen LogP contribution in [0, 0.1) is 5.92 Å². The zero-order chi connectivity index (χ0) is 11.8. The Balaban J connectivity index is 3.77. The smallest absolute Gasteiger partial charge is 0.307 e. The summed E-state index contributed by atoms with van der Waals surface area (Å²) in [5.41, 5.74) is 0. The molecule has 0 heterocycles. The van der Waals surface area contributed by atoms with E-state index in [1.165, 1.54) is 0 Å².